The highest BCUT2D eigenvalue weighted by Gasteiger charge is 2.09. The van der Waals surface area contributed by atoms with Crippen LogP contribution in [0, 0.1) is 0 Å². The van der Waals surface area contributed by atoms with Crippen molar-refractivity contribution < 1.29 is 9.84 Å². The van der Waals surface area contributed by atoms with Gasteiger partial charge in [0.15, 0.2) is 0 Å². The molecule has 0 aliphatic heterocycles. The van der Waals surface area contributed by atoms with Gasteiger partial charge in [0.1, 0.15) is 21.5 Å². The quantitative estimate of drug-likeness (QED) is 0.807. The van der Waals surface area contributed by atoms with Gasteiger partial charge in [-0.2, -0.15) is 0 Å². The summed E-state index contributed by atoms with van der Waals surface area (Å²) in [5.74, 6) is 0.451. The lowest BCUT2D eigenvalue weighted by atomic mass is 10.3. The first-order valence-electron chi connectivity index (χ1n) is 3.46. The Kier molecular flexibility index (Phi) is 3.06. The van der Waals surface area contributed by atoms with Crippen molar-refractivity contribution in [3.63, 3.8) is 0 Å². The zero-order chi connectivity index (χ0) is 9.14. The average Bonchev–Trinajstić information content (AvgIpc) is 2.07. The normalized spacial score (nSPS) is 9.92. The van der Waals surface area contributed by atoms with Gasteiger partial charge < -0.3 is 9.84 Å². The SMILES string of the molecule is CCOc1ccc(O)c(Cl)c1Cl. The third-order valence-corrected chi connectivity index (χ3v) is 2.18. The maximum Gasteiger partial charge on any atom is 0.139 e. The van der Waals surface area contributed by atoms with Crippen LogP contribution in [0.1, 0.15) is 6.92 Å². The summed E-state index contributed by atoms with van der Waals surface area (Å²) in [7, 11) is 0. The minimum absolute atomic E-state index is 0.0369. The first kappa shape index (κ1) is 9.49. The molecule has 0 spiro atoms. The van der Waals surface area contributed by atoms with Gasteiger partial charge in [0, 0.05) is 0 Å². The topological polar surface area (TPSA) is 29.5 Å². The van der Waals surface area contributed by atoms with Crippen LogP contribution in [0.4, 0.5) is 0 Å². The number of aromatic hydroxyl groups is 1. The van der Waals surface area contributed by atoms with E-state index in [0.29, 0.717) is 12.4 Å². The lowest BCUT2D eigenvalue weighted by molar-refractivity contribution is 0.339. The molecule has 0 saturated carbocycles. The summed E-state index contributed by atoms with van der Waals surface area (Å²) < 4.78 is 5.14. The molecule has 0 unspecified atom stereocenters. The number of halogens is 2. The largest absolute Gasteiger partial charge is 0.506 e. The molecule has 0 amide bonds. The van der Waals surface area contributed by atoms with Gasteiger partial charge in [-0.1, -0.05) is 23.2 Å². The van der Waals surface area contributed by atoms with Gasteiger partial charge in [0.25, 0.3) is 0 Å². The molecular weight excluding hydrogens is 199 g/mol. The second-order valence-electron chi connectivity index (χ2n) is 2.14. The number of hydrogen-bond donors (Lipinski definition) is 1. The molecule has 0 bridgehead atoms. The summed E-state index contributed by atoms with van der Waals surface area (Å²) in [6.45, 7) is 2.36. The predicted octanol–water partition coefficient (Wildman–Crippen LogP) is 3.10. The van der Waals surface area contributed by atoms with Crippen LogP contribution in [0.15, 0.2) is 12.1 Å². The van der Waals surface area contributed by atoms with Gasteiger partial charge in [-0.05, 0) is 19.1 Å². The molecule has 0 aliphatic rings. The fourth-order valence-electron chi connectivity index (χ4n) is 0.789. The van der Waals surface area contributed by atoms with E-state index < -0.39 is 0 Å². The highest BCUT2D eigenvalue weighted by Crippen LogP contribution is 2.37. The Bertz CT molecular complexity index is 287. The first-order valence-corrected chi connectivity index (χ1v) is 4.22. The lowest BCUT2D eigenvalue weighted by Gasteiger charge is -2.06. The highest BCUT2D eigenvalue weighted by atomic mass is 35.5. The minimum Gasteiger partial charge on any atom is -0.506 e. The van der Waals surface area contributed by atoms with Crippen LogP contribution in [0.25, 0.3) is 0 Å². The number of rotatable bonds is 2. The number of benzene rings is 1. The Morgan fingerprint density at radius 3 is 2.58 bits per heavy atom. The van der Waals surface area contributed by atoms with Crippen LogP contribution in [0.2, 0.25) is 10.0 Å². The molecule has 0 saturated heterocycles. The van der Waals surface area contributed by atoms with Crippen molar-refractivity contribution in [1.82, 2.24) is 0 Å². The van der Waals surface area contributed by atoms with E-state index in [4.69, 9.17) is 33.0 Å². The van der Waals surface area contributed by atoms with Gasteiger partial charge in [0.05, 0.1) is 6.61 Å². The standard InChI is InChI=1S/C8H8Cl2O2/c1-2-12-6-4-3-5(11)7(9)8(6)10/h3-4,11H,2H2,1H3. The predicted molar refractivity (Wildman–Crippen MR) is 49.3 cm³/mol. The van der Waals surface area contributed by atoms with E-state index in [1.807, 2.05) is 6.92 Å². The second kappa shape index (κ2) is 3.87. The molecule has 0 fully saturated rings. The van der Waals surface area contributed by atoms with Gasteiger partial charge in [-0.15, -0.1) is 0 Å². The molecule has 0 atom stereocenters. The Hall–Kier alpha value is -0.600. The first-order chi connectivity index (χ1) is 5.66. The lowest BCUT2D eigenvalue weighted by Crippen LogP contribution is -1.92. The highest BCUT2D eigenvalue weighted by molar-refractivity contribution is 6.43. The molecule has 1 aromatic rings. The van der Waals surface area contributed by atoms with Gasteiger partial charge in [0.2, 0.25) is 0 Å². The average molecular weight is 207 g/mol. The van der Waals surface area contributed by atoms with E-state index in [9.17, 15) is 0 Å². The molecule has 0 heterocycles. The van der Waals surface area contributed by atoms with Gasteiger partial charge in [-0.25, -0.2) is 0 Å². The zero-order valence-corrected chi connectivity index (χ0v) is 7.99. The number of phenols is 1. The molecule has 66 valence electrons. The fraction of sp³-hybridized carbons (Fsp3) is 0.250. The van der Waals surface area contributed by atoms with E-state index in [2.05, 4.69) is 0 Å². The monoisotopic (exact) mass is 206 g/mol. The Morgan fingerprint density at radius 2 is 2.00 bits per heavy atom. The summed E-state index contributed by atoms with van der Waals surface area (Å²) >= 11 is 11.4. The van der Waals surface area contributed by atoms with Crippen molar-refractivity contribution in [3.8, 4) is 11.5 Å². The summed E-state index contributed by atoms with van der Waals surface area (Å²) in [5.41, 5.74) is 0. The molecule has 12 heavy (non-hydrogen) atoms. The molecule has 1 aromatic carbocycles. The van der Waals surface area contributed by atoms with E-state index in [-0.39, 0.29) is 15.8 Å². The molecule has 2 nitrogen and oxygen atoms in total. The van der Waals surface area contributed by atoms with Gasteiger partial charge >= 0.3 is 0 Å². The van der Waals surface area contributed by atoms with E-state index in [0.717, 1.165) is 0 Å². The molecule has 0 radical (unpaired) electrons. The van der Waals surface area contributed by atoms with Crippen LogP contribution >= 0.6 is 23.2 Å². The van der Waals surface area contributed by atoms with Gasteiger partial charge in [-0.3, -0.25) is 0 Å². The number of ether oxygens (including phenoxy) is 1. The van der Waals surface area contributed by atoms with Crippen LogP contribution in [-0.4, -0.2) is 11.7 Å². The van der Waals surface area contributed by atoms with Crippen LogP contribution in [-0.2, 0) is 0 Å². The number of hydrogen-bond acceptors (Lipinski definition) is 2. The molecule has 1 N–H and O–H groups in total. The third kappa shape index (κ3) is 1.76. The molecule has 0 aliphatic carbocycles. The van der Waals surface area contributed by atoms with E-state index >= 15 is 0 Å². The molecule has 4 heteroatoms. The zero-order valence-electron chi connectivity index (χ0n) is 6.47. The van der Waals surface area contributed by atoms with Crippen molar-refractivity contribution in [2.24, 2.45) is 0 Å². The molecular formula is C8H8Cl2O2. The fourth-order valence-corrected chi connectivity index (χ4v) is 1.16. The molecule has 0 aromatic heterocycles. The maximum atomic E-state index is 9.12. The van der Waals surface area contributed by atoms with Crippen molar-refractivity contribution in [1.29, 1.82) is 0 Å². The van der Waals surface area contributed by atoms with Crippen molar-refractivity contribution in [2.75, 3.05) is 6.61 Å². The summed E-state index contributed by atoms with van der Waals surface area (Å²) in [6.07, 6.45) is 0. The maximum absolute atomic E-state index is 9.12. The van der Waals surface area contributed by atoms with Crippen molar-refractivity contribution in [3.05, 3.63) is 22.2 Å². The Labute approximate surface area is 80.7 Å². The van der Waals surface area contributed by atoms with E-state index in [1.165, 1.54) is 6.07 Å². The minimum atomic E-state index is -0.0369. The van der Waals surface area contributed by atoms with E-state index in [1.54, 1.807) is 6.07 Å². The summed E-state index contributed by atoms with van der Waals surface area (Å²) in [6, 6.07) is 3.02. The van der Waals surface area contributed by atoms with Crippen molar-refractivity contribution in [2.45, 2.75) is 6.92 Å². The van der Waals surface area contributed by atoms with Crippen molar-refractivity contribution >= 4 is 23.2 Å². The van der Waals surface area contributed by atoms with Crippen LogP contribution < -0.4 is 4.74 Å². The third-order valence-electron chi connectivity index (χ3n) is 1.33. The smallest absolute Gasteiger partial charge is 0.139 e. The second-order valence-corrected chi connectivity index (χ2v) is 2.90. The summed E-state index contributed by atoms with van der Waals surface area (Å²) in [4.78, 5) is 0. The summed E-state index contributed by atoms with van der Waals surface area (Å²) in [5, 5.41) is 9.50. The van der Waals surface area contributed by atoms with Crippen LogP contribution in [0.3, 0.4) is 0 Å². The Balaban J connectivity index is 3.08. The Morgan fingerprint density at radius 1 is 1.33 bits per heavy atom. The van der Waals surface area contributed by atoms with Crippen LogP contribution in [0.5, 0.6) is 11.5 Å². The number of phenolic OH excluding ortho intramolecular Hbond substituents is 1. The molecule has 1 rings (SSSR count).